The molecule has 0 atom stereocenters. The second kappa shape index (κ2) is 9.65. The topological polar surface area (TPSA) is 58.9 Å². The van der Waals surface area contributed by atoms with Crippen LogP contribution in [0.4, 0.5) is 5.69 Å². The fourth-order valence-corrected chi connectivity index (χ4v) is 3.89. The van der Waals surface area contributed by atoms with Gasteiger partial charge in [0, 0.05) is 4.47 Å². The van der Waals surface area contributed by atoms with E-state index in [0.29, 0.717) is 12.4 Å². The van der Waals surface area contributed by atoms with E-state index in [1.165, 1.54) is 0 Å². The molecule has 150 valence electrons. The third kappa shape index (κ3) is 5.11. The van der Waals surface area contributed by atoms with Gasteiger partial charge in [-0.25, -0.2) is 9.98 Å². The number of ether oxygens (including phenoxy) is 1. The van der Waals surface area contributed by atoms with Crippen LogP contribution in [-0.2, 0) is 0 Å². The van der Waals surface area contributed by atoms with Gasteiger partial charge in [0.1, 0.15) is 5.75 Å². The Hall–Kier alpha value is -3.03. The highest BCUT2D eigenvalue weighted by atomic mass is 79.9. The van der Waals surface area contributed by atoms with Crippen molar-refractivity contribution in [2.24, 2.45) is 10.1 Å². The van der Waals surface area contributed by atoms with Crippen LogP contribution in [0, 0.1) is 0 Å². The monoisotopic (exact) mass is 478 g/mol. The summed E-state index contributed by atoms with van der Waals surface area (Å²) in [5.74, 6) is 1.41. The number of nitrogens with one attached hydrogen (secondary N) is 1. The van der Waals surface area contributed by atoms with Crippen molar-refractivity contribution in [2.45, 2.75) is 6.92 Å². The standard InChI is InChI=1S/C23H19BrN4OS/c1-2-29-19-13-11-18(12-14-19)26-22(23-27-20-5-3-4-6-21(20)30-23)28-25-15-16-7-9-17(24)10-8-16/h3-15H,2H2,1H3,(H,26,28)/b25-15+. The predicted molar refractivity (Wildman–Crippen MR) is 128 cm³/mol. The Morgan fingerprint density at radius 1 is 1.07 bits per heavy atom. The Balaban J connectivity index is 1.63. The van der Waals surface area contributed by atoms with E-state index in [9.17, 15) is 0 Å². The van der Waals surface area contributed by atoms with Gasteiger partial charge in [-0.05, 0) is 61.0 Å². The molecular weight excluding hydrogens is 460 g/mol. The van der Waals surface area contributed by atoms with Gasteiger partial charge in [0.25, 0.3) is 0 Å². The molecule has 0 amide bonds. The fraction of sp³-hybridized carbons (Fsp3) is 0.0870. The first kappa shape index (κ1) is 20.3. The number of fused-ring (bicyclic) bond motifs is 1. The van der Waals surface area contributed by atoms with Gasteiger partial charge >= 0.3 is 0 Å². The maximum Gasteiger partial charge on any atom is 0.183 e. The molecule has 0 fully saturated rings. The molecule has 0 radical (unpaired) electrons. The first-order valence-corrected chi connectivity index (χ1v) is 11.0. The van der Waals surface area contributed by atoms with Crippen molar-refractivity contribution >= 4 is 55.2 Å². The molecule has 0 saturated carbocycles. The van der Waals surface area contributed by atoms with Gasteiger partial charge < -0.3 is 4.74 Å². The minimum atomic E-state index is 0.591. The zero-order chi connectivity index (χ0) is 20.8. The van der Waals surface area contributed by atoms with Crippen molar-refractivity contribution in [2.75, 3.05) is 6.61 Å². The molecule has 30 heavy (non-hydrogen) atoms. The van der Waals surface area contributed by atoms with Crippen molar-refractivity contribution in [3.05, 3.63) is 87.8 Å². The molecule has 1 aromatic heterocycles. The number of amidine groups is 1. The van der Waals surface area contributed by atoms with E-state index in [4.69, 9.17) is 14.7 Å². The van der Waals surface area contributed by atoms with Gasteiger partial charge in [-0.2, -0.15) is 5.10 Å². The van der Waals surface area contributed by atoms with Crippen molar-refractivity contribution in [1.29, 1.82) is 0 Å². The summed E-state index contributed by atoms with van der Waals surface area (Å²) < 4.78 is 7.64. The van der Waals surface area contributed by atoms with Gasteiger partial charge in [0.15, 0.2) is 10.8 Å². The zero-order valence-corrected chi connectivity index (χ0v) is 18.7. The lowest BCUT2D eigenvalue weighted by Crippen LogP contribution is -2.18. The number of aromatic nitrogens is 1. The number of benzene rings is 3. The van der Waals surface area contributed by atoms with Gasteiger partial charge in [-0.1, -0.05) is 40.2 Å². The molecule has 0 aliphatic carbocycles. The number of hydrogen-bond acceptors (Lipinski definition) is 5. The molecule has 5 nitrogen and oxygen atoms in total. The normalized spacial score (nSPS) is 11.9. The number of para-hydroxylation sites is 1. The molecule has 0 aliphatic heterocycles. The van der Waals surface area contributed by atoms with Crippen LogP contribution in [0.2, 0.25) is 0 Å². The first-order valence-electron chi connectivity index (χ1n) is 9.43. The lowest BCUT2D eigenvalue weighted by molar-refractivity contribution is 0.340. The van der Waals surface area contributed by atoms with Crippen LogP contribution in [0.1, 0.15) is 17.5 Å². The van der Waals surface area contributed by atoms with E-state index >= 15 is 0 Å². The Labute approximate surface area is 187 Å². The smallest absolute Gasteiger partial charge is 0.183 e. The van der Waals surface area contributed by atoms with Crippen molar-refractivity contribution in [3.63, 3.8) is 0 Å². The minimum absolute atomic E-state index is 0.591. The number of hydrogen-bond donors (Lipinski definition) is 1. The van der Waals surface area contributed by atoms with E-state index in [0.717, 1.165) is 36.7 Å². The van der Waals surface area contributed by atoms with Crippen LogP contribution in [0.15, 0.2) is 87.4 Å². The van der Waals surface area contributed by atoms with E-state index < -0.39 is 0 Å². The predicted octanol–water partition coefficient (Wildman–Crippen LogP) is 6.16. The number of rotatable bonds is 6. The Morgan fingerprint density at radius 3 is 2.57 bits per heavy atom. The third-order valence-corrected chi connectivity index (χ3v) is 5.71. The largest absolute Gasteiger partial charge is 0.494 e. The van der Waals surface area contributed by atoms with Crippen LogP contribution in [-0.4, -0.2) is 23.6 Å². The summed E-state index contributed by atoms with van der Waals surface area (Å²) >= 11 is 5.02. The van der Waals surface area contributed by atoms with Crippen LogP contribution in [0.25, 0.3) is 10.2 Å². The maximum absolute atomic E-state index is 5.51. The number of hydrazone groups is 1. The van der Waals surface area contributed by atoms with E-state index in [-0.39, 0.29) is 0 Å². The SMILES string of the molecule is CCOc1ccc(N=C(N/N=C/c2ccc(Br)cc2)c2nc3ccccc3s2)cc1. The Bertz CT molecular complexity index is 1150. The number of halogens is 1. The van der Waals surface area contributed by atoms with E-state index in [1.54, 1.807) is 17.6 Å². The summed E-state index contributed by atoms with van der Waals surface area (Å²) in [5, 5.41) is 5.16. The van der Waals surface area contributed by atoms with Crippen LogP contribution in [0.5, 0.6) is 5.75 Å². The van der Waals surface area contributed by atoms with Crippen LogP contribution < -0.4 is 10.2 Å². The number of thiazole rings is 1. The van der Waals surface area contributed by atoms with E-state index in [1.807, 2.05) is 73.7 Å². The van der Waals surface area contributed by atoms with Crippen LogP contribution in [0.3, 0.4) is 0 Å². The average molecular weight is 479 g/mol. The molecule has 0 unspecified atom stereocenters. The lowest BCUT2D eigenvalue weighted by Gasteiger charge is -2.05. The molecule has 4 rings (SSSR count). The summed E-state index contributed by atoms with van der Waals surface area (Å²) in [6.07, 6.45) is 1.76. The highest BCUT2D eigenvalue weighted by molar-refractivity contribution is 9.10. The molecular formula is C23H19BrN4OS. The lowest BCUT2D eigenvalue weighted by atomic mass is 10.2. The zero-order valence-electron chi connectivity index (χ0n) is 16.2. The van der Waals surface area contributed by atoms with Gasteiger partial charge in [-0.15, -0.1) is 11.3 Å². The molecule has 3 aromatic carbocycles. The Kier molecular flexibility index (Phi) is 6.51. The highest BCUT2D eigenvalue weighted by Crippen LogP contribution is 2.24. The Morgan fingerprint density at radius 2 is 1.83 bits per heavy atom. The van der Waals surface area contributed by atoms with Gasteiger partial charge in [0.05, 0.1) is 28.7 Å². The summed E-state index contributed by atoms with van der Waals surface area (Å²) in [6, 6.07) is 23.6. The van der Waals surface area contributed by atoms with E-state index in [2.05, 4.69) is 32.5 Å². The maximum atomic E-state index is 5.51. The highest BCUT2D eigenvalue weighted by Gasteiger charge is 2.10. The summed E-state index contributed by atoms with van der Waals surface area (Å²) in [6.45, 7) is 2.59. The molecule has 0 bridgehead atoms. The van der Waals surface area contributed by atoms with Crippen molar-refractivity contribution < 1.29 is 4.74 Å². The molecule has 0 aliphatic rings. The van der Waals surface area contributed by atoms with Gasteiger partial charge in [0.2, 0.25) is 0 Å². The number of nitrogens with zero attached hydrogens (tertiary/aromatic N) is 3. The molecule has 4 aromatic rings. The third-order valence-electron chi connectivity index (χ3n) is 4.14. The molecule has 1 heterocycles. The summed E-state index contributed by atoms with van der Waals surface area (Å²) in [4.78, 5) is 9.46. The second-order valence-corrected chi connectivity index (χ2v) is 8.24. The fourth-order valence-electron chi connectivity index (χ4n) is 2.72. The summed E-state index contributed by atoms with van der Waals surface area (Å²) in [7, 11) is 0. The average Bonchev–Trinajstić information content (AvgIpc) is 3.20. The quantitative estimate of drug-likeness (QED) is 0.205. The second-order valence-electron chi connectivity index (χ2n) is 6.30. The van der Waals surface area contributed by atoms with Crippen molar-refractivity contribution in [3.8, 4) is 5.75 Å². The van der Waals surface area contributed by atoms with Gasteiger partial charge in [-0.3, -0.25) is 5.43 Å². The minimum Gasteiger partial charge on any atom is -0.494 e. The molecule has 0 spiro atoms. The molecule has 7 heteroatoms. The van der Waals surface area contributed by atoms with Crippen molar-refractivity contribution in [1.82, 2.24) is 10.4 Å². The number of aliphatic imine (C=N–C) groups is 1. The molecule has 0 saturated heterocycles. The summed E-state index contributed by atoms with van der Waals surface area (Å²) in [5.41, 5.74) is 5.79. The molecule has 1 N–H and O–H groups in total. The first-order chi connectivity index (χ1) is 14.7. The van der Waals surface area contributed by atoms with Crippen LogP contribution >= 0.6 is 27.3 Å².